The summed E-state index contributed by atoms with van der Waals surface area (Å²) in [6.45, 7) is 10.5. The second kappa shape index (κ2) is 11.9. The molecule has 9 nitrogen and oxygen atoms in total. The van der Waals surface area contributed by atoms with Crippen molar-refractivity contribution in [1.82, 2.24) is 25.1 Å². The summed E-state index contributed by atoms with van der Waals surface area (Å²) in [4.78, 5) is 32.8. The van der Waals surface area contributed by atoms with Crippen LogP contribution in [0.1, 0.15) is 82.7 Å². The summed E-state index contributed by atoms with van der Waals surface area (Å²) in [6, 6.07) is 14.8. The quantitative estimate of drug-likeness (QED) is 0.377. The number of urea groups is 1. The third-order valence-electron chi connectivity index (χ3n) is 8.18. The Morgan fingerprint density at radius 1 is 1.12 bits per heavy atom. The number of nitrogens with zero attached hydrogens (tertiary/aromatic N) is 4. The standard InChI is InChI=1S/C33H42N6O3/c1-8-33(16-9-10-17-38(6)29(33)40)25-12-11-13-26(18-25)42-27-19-24(15-14-23(27)20-34)32(5,28-21-35-22-39(28)7)37-30(41)36-31(2,3)4/h11-15,18-19,21-22H,8-10,16-17H2,1-7H3,(H2,36,37,41)/t32?,33-/m0/s1. The number of carbonyl (C=O) groups is 2. The van der Waals surface area contributed by atoms with Crippen molar-refractivity contribution in [2.24, 2.45) is 7.05 Å². The molecule has 42 heavy (non-hydrogen) atoms. The van der Waals surface area contributed by atoms with Crippen molar-refractivity contribution in [3.05, 3.63) is 77.4 Å². The molecule has 0 spiro atoms. The highest BCUT2D eigenvalue weighted by atomic mass is 16.5. The predicted molar refractivity (Wildman–Crippen MR) is 162 cm³/mol. The van der Waals surface area contributed by atoms with E-state index in [9.17, 15) is 14.9 Å². The zero-order chi connectivity index (χ0) is 30.7. The van der Waals surface area contributed by atoms with Crippen LogP contribution in [0.3, 0.4) is 0 Å². The van der Waals surface area contributed by atoms with E-state index in [1.165, 1.54) is 0 Å². The maximum atomic E-state index is 13.5. The fourth-order valence-corrected chi connectivity index (χ4v) is 5.87. The summed E-state index contributed by atoms with van der Waals surface area (Å²) in [7, 11) is 3.74. The normalized spacial score (nSPS) is 18.9. The molecule has 3 amide bonds. The molecule has 2 N–H and O–H groups in total. The van der Waals surface area contributed by atoms with Crippen molar-refractivity contribution in [1.29, 1.82) is 5.26 Å². The monoisotopic (exact) mass is 570 g/mol. The van der Waals surface area contributed by atoms with E-state index in [4.69, 9.17) is 4.74 Å². The Labute approximate surface area is 248 Å². The van der Waals surface area contributed by atoms with Crippen LogP contribution in [0.2, 0.25) is 0 Å². The minimum atomic E-state index is -1.00. The number of imidazole rings is 1. The van der Waals surface area contributed by atoms with Crippen LogP contribution in [-0.2, 0) is 22.8 Å². The average Bonchev–Trinajstić information content (AvgIpc) is 3.32. The van der Waals surface area contributed by atoms with Gasteiger partial charge in [0.1, 0.15) is 23.1 Å². The number of aromatic nitrogens is 2. The molecule has 9 heteroatoms. The fourth-order valence-electron chi connectivity index (χ4n) is 5.87. The Balaban J connectivity index is 1.75. The summed E-state index contributed by atoms with van der Waals surface area (Å²) in [5, 5.41) is 16.0. The van der Waals surface area contributed by atoms with Gasteiger partial charge in [-0.1, -0.05) is 31.5 Å². The van der Waals surface area contributed by atoms with Crippen molar-refractivity contribution in [2.45, 2.75) is 76.8 Å². The molecular weight excluding hydrogens is 528 g/mol. The minimum absolute atomic E-state index is 0.130. The highest BCUT2D eigenvalue weighted by Crippen LogP contribution is 2.40. The molecule has 1 saturated heterocycles. The van der Waals surface area contributed by atoms with E-state index in [-0.39, 0.29) is 11.9 Å². The SMILES string of the molecule is CC[C@@]1(c2cccc(Oc3cc(C(C)(NC(=O)NC(C)(C)C)c4cncn4C)ccc3C#N)c2)CCCCN(C)C1=O. The molecule has 0 aliphatic carbocycles. The number of rotatable bonds is 7. The lowest BCUT2D eigenvalue weighted by Crippen LogP contribution is -2.54. The molecule has 1 aliphatic rings. The lowest BCUT2D eigenvalue weighted by molar-refractivity contribution is -0.135. The first-order valence-electron chi connectivity index (χ1n) is 14.5. The number of likely N-dealkylation sites (tertiary alicyclic amines) is 1. The number of hydrogen-bond donors (Lipinski definition) is 2. The van der Waals surface area contributed by atoms with E-state index in [1.807, 2.05) is 81.6 Å². The zero-order valence-corrected chi connectivity index (χ0v) is 25.7. The number of amides is 3. The van der Waals surface area contributed by atoms with Crippen LogP contribution in [0.25, 0.3) is 0 Å². The lowest BCUT2D eigenvalue weighted by atomic mass is 9.73. The molecule has 0 radical (unpaired) electrons. The zero-order valence-electron chi connectivity index (χ0n) is 25.7. The predicted octanol–water partition coefficient (Wildman–Crippen LogP) is 5.74. The highest BCUT2D eigenvalue weighted by molar-refractivity contribution is 5.88. The van der Waals surface area contributed by atoms with Gasteiger partial charge in [-0.3, -0.25) is 4.79 Å². The number of ether oxygens (including phenoxy) is 1. The van der Waals surface area contributed by atoms with Gasteiger partial charge in [0.05, 0.1) is 29.2 Å². The number of aryl methyl sites for hydroxylation is 1. The van der Waals surface area contributed by atoms with Gasteiger partial charge in [-0.05, 0) is 82.3 Å². The third-order valence-corrected chi connectivity index (χ3v) is 8.18. The summed E-state index contributed by atoms with van der Waals surface area (Å²) in [6.07, 6.45) is 6.81. The largest absolute Gasteiger partial charge is 0.456 e. The van der Waals surface area contributed by atoms with Gasteiger partial charge in [0.2, 0.25) is 5.91 Å². The van der Waals surface area contributed by atoms with Gasteiger partial charge in [-0.25, -0.2) is 9.78 Å². The van der Waals surface area contributed by atoms with E-state index < -0.39 is 16.5 Å². The smallest absolute Gasteiger partial charge is 0.316 e. The van der Waals surface area contributed by atoms with Gasteiger partial charge in [-0.15, -0.1) is 0 Å². The topological polar surface area (TPSA) is 112 Å². The van der Waals surface area contributed by atoms with Crippen molar-refractivity contribution in [3.63, 3.8) is 0 Å². The van der Waals surface area contributed by atoms with Crippen molar-refractivity contribution < 1.29 is 14.3 Å². The highest BCUT2D eigenvalue weighted by Gasteiger charge is 2.41. The lowest BCUT2D eigenvalue weighted by Gasteiger charge is -2.34. The van der Waals surface area contributed by atoms with Crippen LogP contribution in [0.15, 0.2) is 55.0 Å². The first kappa shape index (κ1) is 30.6. The van der Waals surface area contributed by atoms with Gasteiger partial charge in [0, 0.05) is 26.2 Å². The molecule has 2 aromatic carbocycles. The minimum Gasteiger partial charge on any atom is -0.456 e. The Kier molecular flexibility index (Phi) is 8.67. The van der Waals surface area contributed by atoms with Gasteiger partial charge in [-0.2, -0.15) is 5.26 Å². The summed E-state index contributed by atoms with van der Waals surface area (Å²) >= 11 is 0. The number of hydrogen-bond acceptors (Lipinski definition) is 5. The number of nitriles is 1. The Bertz CT molecular complexity index is 1500. The molecule has 2 atom stereocenters. The first-order chi connectivity index (χ1) is 19.8. The maximum absolute atomic E-state index is 13.5. The van der Waals surface area contributed by atoms with Crippen molar-refractivity contribution in [2.75, 3.05) is 13.6 Å². The first-order valence-corrected chi connectivity index (χ1v) is 14.5. The van der Waals surface area contributed by atoms with Crippen LogP contribution in [0.5, 0.6) is 11.5 Å². The van der Waals surface area contributed by atoms with Crippen LogP contribution in [0, 0.1) is 11.3 Å². The second-order valence-electron chi connectivity index (χ2n) is 12.4. The summed E-state index contributed by atoms with van der Waals surface area (Å²) in [5.41, 5.74) is 0.675. The fraction of sp³-hybridized carbons (Fsp3) is 0.455. The van der Waals surface area contributed by atoms with Crippen molar-refractivity contribution >= 4 is 11.9 Å². The molecule has 1 aromatic heterocycles. The molecule has 4 rings (SSSR count). The van der Waals surface area contributed by atoms with Crippen molar-refractivity contribution in [3.8, 4) is 17.6 Å². The number of benzene rings is 2. The van der Waals surface area contributed by atoms with E-state index in [2.05, 4.69) is 28.6 Å². The summed E-state index contributed by atoms with van der Waals surface area (Å²) in [5.74, 6) is 1.02. The van der Waals surface area contributed by atoms with E-state index >= 15 is 0 Å². The molecule has 222 valence electrons. The molecule has 0 bridgehead atoms. The van der Waals surface area contributed by atoms with Gasteiger partial charge >= 0.3 is 6.03 Å². The Hall–Kier alpha value is -4.32. The van der Waals surface area contributed by atoms with E-state index in [1.54, 1.807) is 24.7 Å². The Morgan fingerprint density at radius 3 is 2.52 bits per heavy atom. The molecule has 2 heterocycles. The molecule has 1 unspecified atom stereocenters. The van der Waals surface area contributed by atoms with Crippen LogP contribution in [-0.4, -0.2) is 45.5 Å². The average molecular weight is 571 g/mol. The number of carbonyl (C=O) groups excluding carboxylic acids is 2. The van der Waals surface area contributed by atoms with Crippen LogP contribution < -0.4 is 15.4 Å². The summed E-state index contributed by atoms with van der Waals surface area (Å²) < 4.78 is 8.24. The number of likely N-dealkylation sites (N-methyl/N-ethyl adjacent to an activating group) is 1. The van der Waals surface area contributed by atoms with E-state index in [0.717, 1.165) is 37.1 Å². The Morgan fingerprint density at radius 2 is 1.88 bits per heavy atom. The molecule has 0 saturated carbocycles. The molecule has 1 aliphatic heterocycles. The van der Waals surface area contributed by atoms with Gasteiger partial charge < -0.3 is 24.8 Å². The van der Waals surface area contributed by atoms with Gasteiger partial charge in [0.15, 0.2) is 0 Å². The van der Waals surface area contributed by atoms with Gasteiger partial charge in [0.25, 0.3) is 0 Å². The second-order valence-corrected chi connectivity index (χ2v) is 12.4. The van der Waals surface area contributed by atoms with Crippen LogP contribution in [0.4, 0.5) is 4.79 Å². The number of nitrogens with one attached hydrogen (secondary N) is 2. The molecular formula is C33H42N6O3. The third kappa shape index (κ3) is 6.13. The maximum Gasteiger partial charge on any atom is 0.316 e. The molecule has 3 aromatic rings. The van der Waals surface area contributed by atoms with Crippen LogP contribution >= 0.6 is 0 Å². The molecule has 1 fully saturated rings. The van der Waals surface area contributed by atoms with E-state index in [0.29, 0.717) is 29.0 Å².